The summed E-state index contributed by atoms with van der Waals surface area (Å²) in [6.07, 6.45) is 1.94. The Kier molecular flexibility index (Phi) is 6.60. The molecular weight excluding hydrogens is 226 g/mol. The summed E-state index contributed by atoms with van der Waals surface area (Å²) >= 11 is 0. The van der Waals surface area contributed by atoms with Crippen molar-refractivity contribution in [3.05, 3.63) is 35.4 Å². The van der Waals surface area contributed by atoms with Crippen LogP contribution >= 0.6 is 0 Å². The predicted molar refractivity (Wildman–Crippen MR) is 71.8 cm³/mol. The van der Waals surface area contributed by atoms with Gasteiger partial charge in [-0.2, -0.15) is 0 Å². The summed E-state index contributed by atoms with van der Waals surface area (Å²) in [5.74, 6) is 5.92. The molecule has 0 bridgehead atoms. The number of carbonyl (C=O) groups excluding carboxylic acids is 1. The highest BCUT2D eigenvalue weighted by Crippen LogP contribution is 2.03. The lowest BCUT2D eigenvalue weighted by atomic mass is 10.1. The fourth-order valence-electron chi connectivity index (χ4n) is 1.44. The van der Waals surface area contributed by atoms with Crippen LogP contribution in [0, 0.1) is 11.8 Å². The van der Waals surface area contributed by atoms with Gasteiger partial charge in [0.05, 0.1) is 6.61 Å². The number of nitrogens with one attached hydrogen (secondary N) is 1. The van der Waals surface area contributed by atoms with E-state index in [4.69, 9.17) is 5.11 Å². The minimum atomic E-state index is 0.0873. The molecule has 0 fully saturated rings. The van der Waals surface area contributed by atoms with E-state index in [0.717, 1.165) is 17.5 Å². The maximum atomic E-state index is 11.3. The fourth-order valence-corrected chi connectivity index (χ4v) is 1.44. The van der Waals surface area contributed by atoms with Crippen molar-refractivity contribution < 1.29 is 9.90 Å². The number of carbonyl (C=O) groups is 1. The zero-order valence-electron chi connectivity index (χ0n) is 10.7. The first-order valence-corrected chi connectivity index (χ1v) is 6.21. The summed E-state index contributed by atoms with van der Waals surface area (Å²) in [7, 11) is 0. The van der Waals surface area contributed by atoms with Crippen LogP contribution in [0.4, 0.5) is 0 Å². The summed E-state index contributed by atoms with van der Waals surface area (Å²) in [6, 6.07) is 7.75. The second-order valence-corrected chi connectivity index (χ2v) is 4.00. The van der Waals surface area contributed by atoms with Crippen LogP contribution in [0.25, 0.3) is 0 Å². The molecule has 0 aliphatic rings. The van der Waals surface area contributed by atoms with Crippen molar-refractivity contribution in [3.8, 4) is 11.8 Å². The summed E-state index contributed by atoms with van der Waals surface area (Å²) in [5.41, 5.74) is 1.99. The molecular formula is C15H19NO2. The summed E-state index contributed by atoms with van der Waals surface area (Å²) in [4.78, 5) is 11.3. The summed E-state index contributed by atoms with van der Waals surface area (Å²) in [6.45, 7) is 2.64. The van der Waals surface area contributed by atoms with Crippen molar-refractivity contribution in [3.63, 3.8) is 0 Å². The molecule has 96 valence electrons. The summed E-state index contributed by atoms with van der Waals surface area (Å²) < 4.78 is 0. The zero-order chi connectivity index (χ0) is 13.2. The molecule has 0 unspecified atom stereocenters. The monoisotopic (exact) mass is 245 g/mol. The second kappa shape index (κ2) is 8.32. The van der Waals surface area contributed by atoms with Crippen molar-refractivity contribution in [1.29, 1.82) is 0 Å². The molecule has 0 saturated carbocycles. The van der Waals surface area contributed by atoms with E-state index in [0.29, 0.717) is 19.4 Å². The van der Waals surface area contributed by atoms with E-state index in [2.05, 4.69) is 17.2 Å². The van der Waals surface area contributed by atoms with Gasteiger partial charge in [0.2, 0.25) is 5.91 Å². The Labute approximate surface area is 108 Å². The van der Waals surface area contributed by atoms with E-state index < -0.39 is 0 Å². The largest absolute Gasteiger partial charge is 0.395 e. The number of hydrogen-bond donors (Lipinski definition) is 2. The van der Waals surface area contributed by atoms with E-state index in [1.807, 2.05) is 31.2 Å². The first kappa shape index (κ1) is 14.3. The average molecular weight is 245 g/mol. The number of benzene rings is 1. The fraction of sp³-hybridized carbons (Fsp3) is 0.400. The SMILES string of the molecule is CCCC(=O)NCc1ccc(C#CCCO)cc1. The van der Waals surface area contributed by atoms with Crippen LogP contribution in [0.15, 0.2) is 24.3 Å². The van der Waals surface area contributed by atoms with Crippen LogP contribution in [-0.2, 0) is 11.3 Å². The Morgan fingerprint density at radius 1 is 1.33 bits per heavy atom. The standard InChI is InChI=1S/C15H19NO2/c1-2-5-15(18)16-12-14-9-7-13(8-10-14)6-3-4-11-17/h7-10,17H,2,4-5,11-12H2,1H3,(H,16,18). The molecule has 3 heteroatoms. The lowest BCUT2D eigenvalue weighted by molar-refractivity contribution is -0.121. The normalized spacial score (nSPS) is 9.44. The van der Waals surface area contributed by atoms with Gasteiger partial charge in [-0.1, -0.05) is 30.9 Å². The Hall–Kier alpha value is -1.79. The number of rotatable bonds is 5. The quantitative estimate of drug-likeness (QED) is 0.778. The van der Waals surface area contributed by atoms with Crippen molar-refractivity contribution in [1.82, 2.24) is 5.32 Å². The molecule has 18 heavy (non-hydrogen) atoms. The first-order valence-electron chi connectivity index (χ1n) is 6.21. The van der Waals surface area contributed by atoms with Gasteiger partial charge in [-0.3, -0.25) is 4.79 Å². The molecule has 1 rings (SSSR count). The van der Waals surface area contributed by atoms with Gasteiger partial charge < -0.3 is 10.4 Å². The van der Waals surface area contributed by atoms with E-state index in [-0.39, 0.29) is 12.5 Å². The van der Waals surface area contributed by atoms with Gasteiger partial charge in [0.1, 0.15) is 0 Å². The van der Waals surface area contributed by atoms with Gasteiger partial charge in [0, 0.05) is 24.9 Å². The molecule has 2 N–H and O–H groups in total. The van der Waals surface area contributed by atoms with Crippen molar-refractivity contribution in [2.24, 2.45) is 0 Å². The highest BCUT2D eigenvalue weighted by molar-refractivity contribution is 5.75. The molecule has 1 aromatic carbocycles. The van der Waals surface area contributed by atoms with Crippen molar-refractivity contribution >= 4 is 5.91 Å². The second-order valence-electron chi connectivity index (χ2n) is 4.00. The van der Waals surface area contributed by atoms with Crippen molar-refractivity contribution in [2.75, 3.05) is 6.61 Å². The third-order valence-electron chi connectivity index (χ3n) is 2.39. The van der Waals surface area contributed by atoms with Gasteiger partial charge in [-0.05, 0) is 24.1 Å². The first-order chi connectivity index (χ1) is 8.76. The minimum Gasteiger partial charge on any atom is -0.395 e. The predicted octanol–water partition coefficient (Wildman–Crippen LogP) is 1.84. The molecule has 3 nitrogen and oxygen atoms in total. The molecule has 0 saturated heterocycles. The van der Waals surface area contributed by atoms with Crippen LogP contribution in [0.2, 0.25) is 0 Å². The Bertz CT molecular complexity index is 426. The maximum Gasteiger partial charge on any atom is 0.220 e. The van der Waals surface area contributed by atoms with Gasteiger partial charge >= 0.3 is 0 Å². The number of hydrogen-bond acceptors (Lipinski definition) is 2. The molecule has 0 spiro atoms. The number of aliphatic hydroxyl groups excluding tert-OH is 1. The Morgan fingerprint density at radius 3 is 2.67 bits per heavy atom. The van der Waals surface area contributed by atoms with Gasteiger partial charge in [0.15, 0.2) is 0 Å². The van der Waals surface area contributed by atoms with E-state index in [9.17, 15) is 4.79 Å². The van der Waals surface area contributed by atoms with Crippen molar-refractivity contribution in [2.45, 2.75) is 32.7 Å². The lowest BCUT2D eigenvalue weighted by Gasteiger charge is -2.04. The topological polar surface area (TPSA) is 49.3 Å². The van der Waals surface area contributed by atoms with E-state index >= 15 is 0 Å². The maximum absolute atomic E-state index is 11.3. The molecule has 0 aliphatic carbocycles. The molecule has 0 atom stereocenters. The Balaban J connectivity index is 2.46. The smallest absolute Gasteiger partial charge is 0.220 e. The Morgan fingerprint density at radius 2 is 2.06 bits per heavy atom. The van der Waals surface area contributed by atoms with Gasteiger partial charge in [0.25, 0.3) is 0 Å². The highest BCUT2D eigenvalue weighted by Gasteiger charge is 1.98. The molecule has 0 heterocycles. The molecule has 1 aromatic rings. The molecule has 1 amide bonds. The summed E-state index contributed by atoms with van der Waals surface area (Å²) in [5, 5.41) is 11.5. The lowest BCUT2D eigenvalue weighted by Crippen LogP contribution is -2.21. The molecule has 0 aliphatic heterocycles. The van der Waals surface area contributed by atoms with E-state index in [1.54, 1.807) is 0 Å². The van der Waals surface area contributed by atoms with Gasteiger partial charge in [-0.15, -0.1) is 0 Å². The van der Waals surface area contributed by atoms with E-state index in [1.165, 1.54) is 0 Å². The average Bonchev–Trinajstić information content (AvgIpc) is 2.38. The van der Waals surface area contributed by atoms with Crippen LogP contribution in [0.3, 0.4) is 0 Å². The minimum absolute atomic E-state index is 0.0873. The highest BCUT2D eigenvalue weighted by atomic mass is 16.2. The molecule has 0 radical (unpaired) electrons. The number of aliphatic hydroxyl groups is 1. The van der Waals surface area contributed by atoms with Crippen LogP contribution < -0.4 is 5.32 Å². The van der Waals surface area contributed by atoms with Gasteiger partial charge in [-0.25, -0.2) is 0 Å². The third kappa shape index (κ3) is 5.51. The number of amides is 1. The van der Waals surface area contributed by atoms with Crippen LogP contribution in [0.1, 0.15) is 37.3 Å². The van der Waals surface area contributed by atoms with Crippen LogP contribution in [0.5, 0.6) is 0 Å². The zero-order valence-corrected chi connectivity index (χ0v) is 10.7. The third-order valence-corrected chi connectivity index (χ3v) is 2.39. The molecule has 0 aromatic heterocycles. The van der Waals surface area contributed by atoms with Crippen LogP contribution in [-0.4, -0.2) is 17.6 Å².